The number of carbonyl (C=O) groups excluding carboxylic acids is 1. The zero-order chi connectivity index (χ0) is 16.3. The van der Waals surface area contributed by atoms with Gasteiger partial charge >= 0.3 is 0 Å². The van der Waals surface area contributed by atoms with Crippen LogP contribution in [0, 0.1) is 26.0 Å². The molecule has 0 unspecified atom stereocenters. The number of hydrogen-bond acceptors (Lipinski definition) is 5. The molecule has 0 aliphatic heterocycles. The highest BCUT2D eigenvalue weighted by Crippen LogP contribution is 2.25. The summed E-state index contributed by atoms with van der Waals surface area (Å²) in [5, 5.41) is 23.8. The van der Waals surface area contributed by atoms with Crippen LogP contribution in [0.3, 0.4) is 0 Å². The highest BCUT2D eigenvalue weighted by atomic mass is 19.1. The number of halogens is 1. The fourth-order valence-electron chi connectivity index (χ4n) is 1.73. The molecule has 2 rings (SSSR count). The highest BCUT2D eigenvalue weighted by molar-refractivity contribution is 6.07. The molecular weight excluding hydrogens is 297 g/mol. The number of nitrogens with zero attached hydrogens (tertiary/aromatic N) is 2. The van der Waals surface area contributed by atoms with Crippen molar-refractivity contribution in [1.82, 2.24) is 0 Å². The Bertz CT molecular complexity index is 778. The van der Waals surface area contributed by atoms with Gasteiger partial charge in [0.1, 0.15) is 11.4 Å². The Balaban J connectivity index is 2.39. The molecule has 9 heteroatoms. The van der Waals surface area contributed by atoms with Gasteiger partial charge in [-0.25, -0.2) is 4.39 Å². The standard InChI is InChI=1S/C13H8FN3O5/c14-10-3-1-2-4-11(10)15-13(18)9-6-5-8(16(19)20)7-12(9)17(21)22/h1-7H,(H,15,18). The second-order valence-electron chi connectivity index (χ2n) is 4.15. The number of amides is 1. The number of nitro benzene ring substituents is 2. The van der Waals surface area contributed by atoms with E-state index in [0.717, 1.165) is 18.2 Å². The number of nitro groups is 2. The van der Waals surface area contributed by atoms with Crippen molar-refractivity contribution >= 4 is 23.0 Å². The molecule has 1 N–H and O–H groups in total. The maximum atomic E-state index is 13.5. The Labute approximate surface area is 122 Å². The van der Waals surface area contributed by atoms with Crippen molar-refractivity contribution in [3.63, 3.8) is 0 Å². The summed E-state index contributed by atoms with van der Waals surface area (Å²) in [6.07, 6.45) is 0. The molecule has 0 aliphatic rings. The van der Waals surface area contributed by atoms with Crippen molar-refractivity contribution in [2.45, 2.75) is 0 Å². The maximum absolute atomic E-state index is 13.5. The largest absolute Gasteiger partial charge is 0.319 e. The minimum absolute atomic E-state index is 0.153. The van der Waals surface area contributed by atoms with E-state index in [1.54, 1.807) is 0 Å². The molecule has 0 aliphatic carbocycles. The Hall–Kier alpha value is -3.36. The van der Waals surface area contributed by atoms with Crippen molar-refractivity contribution in [3.8, 4) is 0 Å². The Kier molecular flexibility index (Phi) is 4.07. The minimum Gasteiger partial charge on any atom is -0.319 e. The average Bonchev–Trinajstić information content (AvgIpc) is 2.48. The number of hydrogen-bond donors (Lipinski definition) is 1. The smallest absolute Gasteiger partial charge is 0.289 e. The van der Waals surface area contributed by atoms with E-state index in [2.05, 4.69) is 5.32 Å². The molecule has 0 spiro atoms. The second kappa shape index (κ2) is 5.95. The van der Waals surface area contributed by atoms with E-state index in [1.807, 2.05) is 0 Å². The van der Waals surface area contributed by atoms with E-state index < -0.39 is 38.5 Å². The maximum Gasteiger partial charge on any atom is 0.289 e. The van der Waals surface area contributed by atoms with Gasteiger partial charge in [0.15, 0.2) is 0 Å². The summed E-state index contributed by atoms with van der Waals surface area (Å²) in [5.74, 6) is -1.65. The fraction of sp³-hybridized carbons (Fsp3) is 0. The van der Waals surface area contributed by atoms with E-state index >= 15 is 0 Å². The molecular formula is C13H8FN3O5. The van der Waals surface area contributed by atoms with E-state index in [4.69, 9.17) is 0 Å². The number of benzene rings is 2. The van der Waals surface area contributed by atoms with Crippen LogP contribution in [0.1, 0.15) is 10.4 Å². The molecule has 0 aromatic heterocycles. The van der Waals surface area contributed by atoms with Crippen molar-refractivity contribution in [3.05, 3.63) is 74.1 Å². The van der Waals surface area contributed by atoms with Gasteiger partial charge in [0.2, 0.25) is 0 Å². The van der Waals surface area contributed by atoms with Gasteiger partial charge in [-0.1, -0.05) is 12.1 Å². The first-order chi connectivity index (χ1) is 10.4. The normalized spacial score (nSPS) is 10.0. The van der Waals surface area contributed by atoms with Gasteiger partial charge in [-0.2, -0.15) is 0 Å². The molecule has 0 heterocycles. The molecule has 8 nitrogen and oxygen atoms in total. The first kappa shape index (κ1) is 15.0. The van der Waals surface area contributed by atoms with Gasteiger partial charge in [-0.3, -0.25) is 25.0 Å². The first-order valence-corrected chi connectivity index (χ1v) is 5.89. The van der Waals surface area contributed by atoms with Crippen LogP contribution in [-0.2, 0) is 0 Å². The van der Waals surface area contributed by atoms with Gasteiger partial charge in [0.25, 0.3) is 17.3 Å². The van der Waals surface area contributed by atoms with Crippen molar-refractivity contribution in [2.75, 3.05) is 5.32 Å². The number of anilines is 1. The van der Waals surface area contributed by atoms with E-state index in [-0.39, 0.29) is 5.69 Å². The third kappa shape index (κ3) is 3.03. The minimum atomic E-state index is -0.938. The molecule has 1 amide bonds. The molecule has 2 aromatic carbocycles. The molecule has 0 fully saturated rings. The van der Waals surface area contributed by atoms with Crippen LogP contribution in [0.4, 0.5) is 21.5 Å². The Morgan fingerprint density at radius 1 is 1.05 bits per heavy atom. The summed E-state index contributed by atoms with van der Waals surface area (Å²) in [6.45, 7) is 0. The van der Waals surface area contributed by atoms with Crippen LogP contribution in [0.5, 0.6) is 0 Å². The lowest BCUT2D eigenvalue weighted by Crippen LogP contribution is -2.15. The van der Waals surface area contributed by atoms with Crippen LogP contribution in [0.15, 0.2) is 42.5 Å². The van der Waals surface area contributed by atoms with Crippen molar-refractivity contribution < 1.29 is 19.0 Å². The summed E-state index contributed by atoms with van der Waals surface area (Å²) in [7, 11) is 0. The van der Waals surface area contributed by atoms with Crippen LogP contribution >= 0.6 is 0 Å². The predicted octanol–water partition coefficient (Wildman–Crippen LogP) is 2.89. The molecule has 2 aromatic rings. The Morgan fingerprint density at radius 3 is 2.32 bits per heavy atom. The molecule has 0 bridgehead atoms. The lowest BCUT2D eigenvalue weighted by molar-refractivity contribution is -0.394. The monoisotopic (exact) mass is 305 g/mol. The molecule has 112 valence electrons. The number of para-hydroxylation sites is 1. The molecule has 0 saturated heterocycles. The fourth-order valence-corrected chi connectivity index (χ4v) is 1.73. The molecule has 0 atom stereocenters. The lowest BCUT2D eigenvalue weighted by Gasteiger charge is -2.06. The molecule has 0 saturated carbocycles. The van der Waals surface area contributed by atoms with Crippen LogP contribution in [0.25, 0.3) is 0 Å². The van der Waals surface area contributed by atoms with Crippen molar-refractivity contribution in [1.29, 1.82) is 0 Å². The van der Waals surface area contributed by atoms with Crippen LogP contribution in [-0.4, -0.2) is 15.8 Å². The SMILES string of the molecule is O=C(Nc1ccccc1F)c1ccc([N+](=O)[O-])cc1[N+](=O)[O-]. The predicted molar refractivity (Wildman–Crippen MR) is 74.1 cm³/mol. The summed E-state index contributed by atoms with van der Waals surface area (Å²) in [4.78, 5) is 31.9. The van der Waals surface area contributed by atoms with Gasteiger partial charge in [-0.15, -0.1) is 0 Å². The summed E-state index contributed by atoms with van der Waals surface area (Å²) < 4.78 is 13.5. The quantitative estimate of drug-likeness (QED) is 0.688. The average molecular weight is 305 g/mol. The molecule has 22 heavy (non-hydrogen) atoms. The van der Waals surface area contributed by atoms with Gasteiger partial charge in [0.05, 0.1) is 21.6 Å². The van der Waals surface area contributed by atoms with E-state index in [1.165, 1.54) is 18.2 Å². The Morgan fingerprint density at radius 2 is 1.73 bits per heavy atom. The number of carbonyl (C=O) groups is 1. The zero-order valence-corrected chi connectivity index (χ0v) is 10.9. The summed E-state index contributed by atoms with van der Waals surface area (Å²) in [6, 6.07) is 7.87. The van der Waals surface area contributed by atoms with Crippen LogP contribution < -0.4 is 5.32 Å². The van der Waals surface area contributed by atoms with Gasteiger partial charge in [0, 0.05) is 6.07 Å². The zero-order valence-electron chi connectivity index (χ0n) is 10.9. The lowest BCUT2D eigenvalue weighted by atomic mass is 10.1. The first-order valence-electron chi connectivity index (χ1n) is 5.89. The number of nitrogens with one attached hydrogen (secondary N) is 1. The van der Waals surface area contributed by atoms with Crippen molar-refractivity contribution in [2.24, 2.45) is 0 Å². The summed E-state index contributed by atoms with van der Waals surface area (Å²) in [5.41, 5.74) is -1.81. The highest BCUT2D eigenvalue weighted by Gasteiger charge is 2.24. The van der Waals surface area contributed by atoms with Gasteiger partial charge in [-0.05, 0) is 18.2 Å². The van der Waals surface area contributed by atoms with E-state index in [9.17, 15) is 29.4 Å². The van der Waals surface area contributed by atoms with Crippen LogP contribution in [0.2, 0.25) is 0 Å². The third-order valence-electron chi connectivity index (χ3n) is 2.76. The topological polar surface area (TPSA) is 115 Å². The number of rotatable bonds is 4. The summed E-state index contributed by atoms with van der Waals surface area (Å²) >= 11 is 0. The second-order valence-corrected chi connectivity index (χ2v) is 4.15. The number of non-ortho nitro benzene ring substituents is 1. The van der Waals surface area contributed by atoms with Gasteiger partial charge < -0.3 is 5.32 Å². The van der Waals surface area contributed by atoms with E-state index in [0.29, 0.717) is 6.07 Å². The molecule has 0 radical (unpaired) electrons. The third-order valence-corrected chi connectivity index (χ3v) is 2.76.